The van der Waals surface area contributed by atoms with Gasteiger partial charge in [-0.25, -0.2) is 9.48 Å². The monoisotopic (exact) mass is 331 g/mol. The van der Waals surface area contributed by atoms with Gasteiger partial charge in [0.15, 0.2) is 0 Å². The first-order valence-corrected chi connectivity index (χ1v) is 6.71. The molecule has 0 aliphatic rings. The fraction of sp³-hybridized carbons (Fsp3) is 0.0714. The molecule has 1 heterocycles. The second kappa shape index (κ2) is 4.72. The van der Waals surface area contributed by atoms with Gasteiger partial charge in [0.1, 0.15) is 5.52 Å². The standard InChI is InChI=1S/C14H10BrN3O2/c1-8-7-9(5-6-11(8)15)18-12-4-2-3-10(14(19)20)13(12)16-17-18/h2-7H,1H3,(H,19,20). The summed E-state index contributed by atoms with van der Waals surface area (Å²) in [6.45, 7) is 1.98. The minimum absolute atomic E-state index is 0.155. The van der Waals surface area contributed by atoms with Crippen LogP contribution in [-0.2, 0) is 0 Å². The number of hydrogen-bond donors (Lipinski definition) is 1. The van der Waals surface area contributed by atoms with Gasteiger partial charge in [0, 0.05) is 4.47 Å². The van der Waals surface area contributed by atoms with Crippen molar-refractivity contribution in [3.8, 4) is 5.69 Å². The van der Waals surface area contributed by atoms with Crippen LogP contribution in [0.2, 0.25) is 0 Å². The Morgan fingerprint density at radius 1 is 1.30 bits per heavy atom. The Morgan fingerprint density at radius 3 is 2.80 bits per heavy atom. The molecule has 0 atom stereocenters. The van der Waals surface area contributed by atoms with Crippen LogP contribution < -0.4 is 0 Å². The zero-order valence-electron chi connectivity index (χ0n) is 10.5. The first kappa shape index (κ1) is 12.8. The molecule has 5 nitrogen and oxygen atoms in total. The topological polar surface area (TPSA) is 68.0 Å². The van der Waals surface area contributed by atoms with E-state index in [0.717, 1.165) is 15.7 Å². The van der Waals surface area contributed by atoms with Crippen LogP contribution in [0.1, 0.15) is 15.9 Å². The van der Waals surface area contributed by atoms with Crippen molar-refractivity contribution in [1.29, 1.82) is 0 Å². The Hall–Kier alpha value is -2.21. The van der Waals surface area contributed by atoms with Crippen molar-refractivity contribution in [3.63, 3.8) is 0 Å². The molecule has 2 aromatic carbocycles. The Bertz CT molecular complexity index is 826. The van der Waals surface area contributed by atoms with E-state index in [1.807, 2.05) is 25.1 Å². The van der Waals surface area contributed by atoms with Gasteiger partial charge in [-0.05, 0) is 42.8 Å². The van der Waals surface area contributed by atoms with Crippen molar-refractivity contribution in [3.05, 3.63) is 52.0 Å². The number of aromatic nitrogens is 3. The van der Waals surface area contributed by atoms with E-state index in [9.17, 15) is 4.79 Å². The van der Waals surface area contributed by atoms with Crippen LogP contribution in [0.3, 0.4) is 0 Å². The van der Waals surface area contributed by atoms with Gasteiger partial charge in [-0.15, -0.1) is 5.10 Å². The summed E-state index contributed by atoms with van der Waals surface area (Å²) in [6.07, 6.45) is 0. The van der Waals surface area contributed by atoms with Gasteiger partial charge in [-0.2, -0.15) is 0 Å². The van der Waals surface area contributed by atoms with Crippen LogP contribution in [0, 0.1) is 6.92 Å². The molecule has 0 unspecified atom stereocenters. The lowest BCUT2D eigenvalue weighted by Gasteiger charge is -2.05. The molecule has 0 saturated heterocycles. The lowest BCUT2D eigenvalue weighted by atomic mass is 10.2. The van der Waals surface area contributed by atoms with E-state index in [-0.39, 0.29) is 5.56 Å². The van der Waals surface area contributed by atoms with Gasteiger partial charge in [0.2, 0.25) is 0 Å². The highest BCUT2D eigenvalue weighted by molar-refractivity contribution is 9.10. The van der Waals surface area contributed by atoms with Crippen LogP contribution in [0.25, 0.3) is 16.7 Å². The number of halogens is 1. The molecule has 0 fully saturated rings. The summed E-state index contributed by atoms with van der Waals surface area (Å²) in [4.78, 5) is 11.2. The molecule has 3 rings (SSSR count). The smallest absolute Gasteiger partial charge is 0.338 e. The van der Waals surface area contributed by atoms with Gasteiger partial charge in [0.25, 0.3) is 0 Å². The fourth-order valence-electron chi connectivity index (χ4n) is 2.07. The van der Waals surface area contributed by atoms with E-state index in [1.165, 1.54) is 6.07 Å². The highest BCUT2D eigenvalue weighted by Gasteiger charge is 2.14. The third-order valence-corrected chi connectivity index (χ3v) is 3.98. The zero-order valence-corrected chi connectivity index (χ0v) is 12.1. The summed E-state index contributed by atoms with van der Waals surface area (Å²) in [5, 5.41) is 17.2. The molecule has 0 radical (unpaired) electrons. The van der Waals surface area contributed by atoms with Crippen LogP contribution in [0.5, 0.6) is 0 Å². The number of rotatable bonds is 2. The van der Waals surface area contributed by atoms with Gasteiger partial charge in [-0.1, -0.05) is 27.2 Å². The second-order valence-corrected chi connectivity index (χ2v) is 5.27. The molecule has 3 aromatic rings. The van der Waals surface area contributed by atoms with E-state index in [2.05, 4.69) is 26.2 Å². The Kier molecular flexibility index (Phi) is 3.02. The van der Waals surface area contributed by atoms with E-state index in [4.69, 9.17) is 5.11 Å². The van der Waals surface area contributed by atoms with Gasteiger partial charge >= 0.3 is 5.97 Å². The van der Waals surface area contributed by atoms with Crippen molar-refractivity contribution < 1.29 is 9.90 Å². The van der Waals surface area contributed by atoms with Crippen molar-refractivity contribution >= 4 is 32.9 Å². The summed E-state index contributed by atoms with van der Waals surface area (Å²) >= 11 is 3.45. The molecule has 100 valence electrons. The van der Waals surface area contributed by atoms with Crippen LogP contribution in [0.15, 0.2) is 40.9 Å². The Balaban J connectivity index is 2.25. The third kappa shape index (κ3) is 1.98. The molecule has 0 aliphatic carbocycles. The van der Waals surface area contributed by atoms with Gasteiger partial charge < -0.3 is 5.11 Å². The zero-order chi connectivity index (χ0) is 14.3. The molecular weight excluding hydrogens is 322 g/mol. The molecule has 0 saturated carbocycles. The van der Waals surface area contributed by atoms with E-state index < -0.39 is 5.97 Å². The number of fused-ring (bicyclic) bond motifs is 1. The minimum Gasteiger partial charge on any atom is -0.478 e. The first-order chi connectivity index (χ1) is 9.58. The molecule has 0 amide bonds. The number of aromatic carboxylic acids is 1. The largest absolute Gasteiger partial charge is 0.478 e. The SMILES string of the molecule is Cc1cc(-n2nnc3c(C(=O)O)cccc32)ccc1Br. The predicted molar refractivity (Wildman–Crippen MR) is 78.3 cm³/mol. The molecule has 1 aromatic heterocycles. The summed E-state index contributed by atoms with van der Waals surface area (Å²) < 4.78 is 2.65. The maximum Gasteiger partial charge on any atom is 0.338 e. The molecule has 20 heavy (non-hydrogen) atoms. The van der Waals surface area contributed by atoms with Crippen molar-refractivity contribution in [2.75, 3.05) is 0 Å². The van der Waals surface area contributed by atoms with Gasteiger partial charge in [-0.3, -0.25) is 0 Å². The lowest BCUT2D eigenvalue weighted by molar-refractivity contribution is 0.0699. The average molecular weight is 332 g/mol. The van der Waals surface area contributed by atoms with Crippen molar-refractivity contribution in [2.24, 2.45) is 0 Å². The molecule has 0 spiro atoms. The summed E-state index contributed by atoms with van der Waals surface area (Å²) in [5.74, 6) is -1.00. The molecule has 0 aliphatic heterocycles. The number of carboxylic acid groups (broad SMARTS) is 1. The first-order valence-electron chi connectivity index (χ1n) is 5.92. The van der Waals surface area contributed by atoms with E-state index >= 15 is 0 Å². The molecule has 6 heteroatoms. The molecule has 1 N–H and O–H groups in total. The number of carbonyl (C=O) groups is 1. The second-order valence-electron chi connectivity index (χ2n) is 4.41. The maximum absolute atomic E-state index is 11.2. The summed E-state index contributed by atoms with van der Waals surface area (Å²) in [7, 11) is 0. The van der Waals surface area contributed by atoms with Crippen LogP contribution >= 0.6 is 15.9 Å². The van der Waals surface area contributed by atoms with Crippen LogP contribution in [-0.4, -0.2) is 26.1 Å². The highest BCUT2D eigenvalue weighted by Crippen LogP contribution is 2.23. The van der Waals surface area contributed by atoms with E-state index in [0.29, 0.717) is 11.0 Å². The highest BCUT2D eigenvalue weighted by atomic mass is 79.9. The number of nitrogens with zero attached hydrogens (tertiary/aromatic N) is 3. The van der Waals surface area contributed by atoms with Crippen molar-refractivity contribution in [1.82, 2.24) is 15.0 Å². The fourth-order valence-corrected chi connectivity index (χ4v) is 2.32. The van der Waals surface area contributed by atoms with E-state index in [1.54, 1.807) is 16.8 Å². The van der Waals surface area contributed by atoms with Crippen molar-refractivity contribution in [2.45, 2.75) is 6.92 Å². The Labute approximate surface area is 123 Å². The number of aryl methyl sites for hydroxylation is 1. The predicted octanol–water partition coefficient (Wildman–Crippen LogP) is 3.19. The normalized spacial score (nSPS) is 10.9. The average Bonchev–Trinajstić information content (AvgIpc) is 2.85. The number of benzene rings is 2. The maximum atomic E-state index is 11.2. The lowest BCUT2D eigenvalue weighted by Crippen LogP contribution is -1.99. The summed E-state index contributed by atoms with van der Waals surface area (Å²) in [5.41, 5.74) is 3.13. The number of carboxylic acids is 1. The quantitative estimate of drug-likeness (QED) is 0.783. The Morgan fingerprint density at radius 2 is 2.10 bits per heavy atom. The van der Waals surface area contributed by atoms with Crippen LogP contribution in [0.4, 0.5) is 0 Å². The number of hydrogen-bond acceptors (Lipinski definition) is 3. The van der Waals surface area contributed by atoms with Gasteiger partial charge in [0.05, 0.1) is 16.8 Å². The molecular formula is C14H10BrN3O2. The summed E-state index contributed by atoms with van der Waals surface area (Å²) in [6, 6.07) is 10.8. The molecule has 0 bridgehead atoms. The minimum atomic E-state index is -1.00. The third-order valence-electron chi connectivity index (χ3n) is 3.09.